The molecule has 0 aromatic carbocycles. The maximum absolute atomic E-state index is 5.74. The molecule has 0 amide bonds. The molecule has 2 heteroatoms. The minimum Gasteiger partial charge on any atom is -0.465 e. The first-order chi connectivity index (χ1) is 7.31. The molecule has 2 rings (SSSR count). The van der Waals surface area contributed by atoms with Gasteiger partial charge >= 0.3 is 0 Å². The lowest BCUT2D eigenvalue weighted by molar-refractivity contribution is 0.206. The Morgan fingerprint density at radius 3 is 2.73 bits per heavy atom. The Balaban J connectivity index is 2.03. The summed E-state index contributed by atoms with van der Waals surface area (Å²) in [5.74, 6) is 2.94. The third-order valence-corrected chi connectivity index (χ3v) is 3.30. The Bertz CT molecular complexity index is 301. The van der Waals surface area contributed by atoms with Gasteiger partial charge in [-0.25, -0.2) is 0 Å². The van der Waals surface area contributed by atoms with Gasteiger partial charge in [0.2, 0.25) is 0 Å². The summed E-state index contributed by atoms with van der Waals surface area (Å²) in [5, 5.41) is 3.61. The van der Waals surface area contributed by atoms with Gasteiger partial charge in [0.1, 0.15) is 11.5 Å². The summed E-state index contributed by atoms with van der Waals surface area (Å²) in [6.45, 7) is 5.31. The average Bonchev–Trinajstić information content (AvgIpc) is 2.56. The summed E-state index contributed by atoms with van der Waals surface area (Å²) in [4.78, 5) is 0. The third kappa shape index (κ3) is 2.43. The van der Waals surface area contributed by atoms with Crippen molar-refractivity contribution in [2.24, 2.45) is 5.92 Å². The van der Waals surface area contributed by atoms with E-state index >= 15 is 0 Å². The van der Waals surface area contributed by atoms with E-state index in [-0.39, 0.29) is 0 Å². The summed E-state index contributed by atoms with van der Waals surface area (Å²) in [6, 6.07) is 4.64. The highest BCUT2D eigenvalue weighted by molar-refractivity contribution is 5.11. The Morgan fingerprint density at radius 2 is 2.27 bits per heavy atom. The summed E-state index contributed by atoms with van der Waals surface area (Å²) in [5.41, 5.74) is 0. The molecule has 0 bridgehead atoms. The quantitative estimate of drug-likeness (QED) is 0.800. The number of rotatable bonds is 5. The van der Waals surface area contributed by atoms with Crippen LogP contribution in [0.3, 0.4) is 0 Å². The fourth-order valence-electron chi connectivity index (χ4n) is 2.19. The summed E-state index contributed by atoms with van der Waals surface area (Å²) < 4.78 is 5.74. The summed E-state index contributed by atoms with van der Waals surface area (Å²) >= 11 is 0. The second-order valence-corrected chi connectivity index (χ2v) is 4.57. The molecule has 0 radical (unpaired) electrons. The maximum atomic E-state index is 5.74. The molecule has 1 aliphatic rings. The minimum absolute atomic E-state index is 0.451. The highest BCUT2D eigenvalue weighted by Gasteiger charge is 2.29. The molecular formula is C13H21NO. The molecule has 15 heavy (non-hydrogen) atoms. The number of nitrogens with one attached hydrogen (secondary N) is 1. The number of hydrogen-bond donors (Lipinski definition) is 1. The van der Waals surface area contributed by atoms with Gasteiger partial charge in [0, 0.05) is 0 Å². The van der Waals surface area contributed by atoms with Gasteiger partial charge in [0.05, 0.1) is 6.04 Å². The Morgan fingerprint density at radius 1 is 1.47 bits per heavy atom. The fourth-order valence-corrected chi connectivity index (χ4v) is 2.19. The highest BCUT2D eigenvalue weighted by atomic mass is 16.3. The zero-order chi connectivity index (χ0) is 10.7. The van der Waals surface area contributed by atoms with Gasteiger partial charge in [-0.05, 0) is 50.8 Å². The standard InChI is InChI=1S/C13H21NO/c1-3-9-14-13(11-5-4-6-11)12-8-7-10(2)15-12/h7-8,11,13-14H,3-6,9H2,1-2H3. The Kier molecular flexibility index (Phi) is 3.47. The Hall–Kier alpha value is -0.760. The van der Waals surface area contributed by atoms with E-state index in [0.29, 0.717) is 6.04 Å². The molecule has 1 fully saturated rings. The molecule has 1 aromatic heterocycles. The largest absolute Gasteiger partial charge is 0.465 e. The van der Waals surface area contributed by atoms with E-state index in [1.807, 2.05) is 6.92 Å². The van der Waals surface area contributed by atoms with E-state index in [0.717, 1.165) is 24.0 Å². The lowest BCUT2D eigenvalue weighted by atomic mass is 9.79. The van der Waals surface area contributed by atoms with Crippen LogP contribution in [0.5, 0.6) is 0 Å². The van der Waals surface area contributed by atoms with Crippen molar-refractivity contribution in [1.82, 2.24) is 5.32 Å². The predicted molar refractivity (Wildman–Crippen MR) is 61.8 cm³/mol. The second-order valence-electron chi connectivity index (χ2n) is 4.57. The number of furan rings is 1. The van der Waals surface area contributed by atoms with Crippen molar-refractivity contribution in [3.63, 3.8) is 0 Å². The Labute approximate surface area is 92.1 Å². The van der Waals surface area contributed by atoms with Crippen LogP contribution in [0.4, 0.5) is 0 Å². The van der Waals surface area contributed by atoms with E-state index < -0.39 is 0 Å². The van der Waals surface area contributed by atoms with Gasteiger partial charge in [-0.3, -0.25) is 0 Å². The zero-order valence-electron chi connectivity index (χ0n) is 9.75. The van der Waals surface area contributed by atoms with Gasteiger partial charge in [-0.15, -0.1) is 0 Å². The minimum atomic E-state index is 0.451. The molecule has 0 aliphatic heterocycles. The summed E-state index contributed by atoms with van der Waals surface area (Å²) in [6.07, 6.45) is 5.26. The third-order valence-electron chi connectivity index (χ3n) is 3.30. The van der Waals surface area contributed by atoms with Crippen molar-refractivity contribution in [2.45, 2.75) is 45.6 Å². The monoisotopic (exact) mass is 207 g/mol. The topological polar surface area (TPSA) is 25.2 Å². The lowest BCUT2D eigenvalue weighted by Gasteiger charge is -2.33. The van der Waals surface area contributed by atoms with Gasteiger partial charge in [0.25, 0.3) is 0 Å². The zero-order valence-corrected chi connectivity index (χ0v) is 9.75. The maximum Gasteiger partial charge on any atom is 0.121 e. The van der Waals surface area contributed by atoms with E-state index in [1.54, 1.807) is 0 Å². The predicted octanol–water partition coefficient (Wildman–Crippen LogP) is 3.43. The van der Waals surface area contributed by atoms with Crippen molar-refractivity contribution in [3.05, 3.63) is 23.7 Å². The van der Waals surface area contributed by atoms with E-state index in [4.69, 9.17) is 4.42 Å². The van der Waals surface area contributed by atoms with Crippen LogP contribution in [0.2, 0.25) is 0 Å². The number of aryl methyl sites for hydroxylation is 1. The molecule has 1 saturated carbocycles. The van der Waals surface area contributed by atoms with E-state index in [1.165, 1.54) is 25.7 Å². The van der Waals surface area contributed by atoms with E-state index in [9.17, 15) is 0 Å². The van der Waals surface area contributed by atoms with E-state index in [2.05, 4.69) is 24.4 Å². The van der Waals surface area contributed by atoms with Crippen molar-refractivity contribution in [1.29, 1.82) is 0 Å². The van der Waals surface area contributed by atoms with Gasteiger partial charge in [-0.2, -0.15) is 0 Å². The van der Waals surface area contributed by atoms with Gasteiger partial charge < -0.3 is 9.73 Å². The normalized spacial score (nSPS) is 18.8. The average molecular weight is 207 g/mol. The molecule has 1 atom stereocenters. The molecule has 1 N–H and O–H groups in total. The van der Waals surface area contributed by atoms with Crippen LogP contribution in [0, 0.1) is 12.8 Å². The van der Waals surface area contributed by atoms with Crippen LogP contribution >= 0.6 is 0 Å². The van der Waals surface area contributed by atoms with Crippen LogP contribution in [0.1, 0.15) is 50.2 Å². The van der Waals surface area contributed by atoms with Crippen molar-refractivity contribution in [3.8, 4) is 0 Å². The molecule has 2 nitrogen and oxygen atoms in total. The van der Waals surface area contributed by atoms with Crippen molar-refractivity contribution in [2.75, 3.05) is 6.54 Å². The highest BCUT2D eigenvalue weighted by Crippen LogP contribution is 2.38. The molecule has 1 unspecified atom stereocenters. The SMILES string of the molecule is CCCNC(c1ccc(C)o1)C1CCC1. The van der Waals surface area contributed by atoms with Crippen LogP contribution in [-0.2, 0) is 0 Å². The molecule has 1 aromatic rings. The van der Waals surface area contributed by atoms with Crippen molar-refractivity contribution >= 4 is 0 Å². The first kappa shape index (κ1) is 10.7. The van der Waals surface area contributed by atoms with Gasteiger partial charge in [0.15, 0.2) is 0 Å². The fraction of sp³-hybridized carbons (Fsp3) is 0.692. The molecular weight excluding hydrogens is 186 g/mol. The number of hydrogen-bond acceptors (Lipinski definition) is 2. The first-order valence-electron chi connectivity index (χ1n) is 6.11. The van der Waals surface area contributed by atoms with Crippen LogP contribution < -0.4 is 5.32 Å². The smallest absolute Gasteiger partial charge is 0.121 e. The lowest BCUT2D eigenvalue weighted by Crippen LogP contribution is -2.32. The first-order valence-corrected chi connectivity index (χ1v) is 6.11. The molecule has 1 heterocycles. The molecule has 1 aliphatic carbocycles. The van der Waals surface area contributed by atoms with Crippen LogP contribution in [0.25, 0.3) is 0 Å². The van der Waals surface area contributed by atoms with Crippen LogP contribution in [-0.4, -0.2) is 6.54 Å². The second kappa shape index (κ2) is 4.84. The van der Waals surface area contributed by atoms with Crippen molar-refractivity contribution < 1.29 is 4.42 Å². The van der Waals surface area contributed by atoms with Crippen LogP contribution in [0.15, 0.2) is 16.5 Å². The molecule has 0 saturated heterocycles. The summed E-state index contributed by atoms with van der Waals surface area (Å²) in [7, 11) is 0. The molecule has 84 valence electrons. The van der Waals surface area contributed by atoms with Gasteiger partial charge in [-0.1, -0.05) is 13.3 Å². The molecule has 0 spiro atoms.